The monoisotopic (exact) mass is 259 g/mol. The van der Waals surface area contributed by atoms with E-state index >= 15 is 0 Å². The summed E-state index contributed by atoms with van der Waals surface area (Å²) in [4.78, 5) is 0. The van der Waals surface area contributed by atoms with Gasteiger partial charge in [-0.25, -0.2) is 8.78 Å². The molecule has 0 fully saturated rings. The van der Waals surface area contributed by atoms with Crippen molar-refractivity contribution in [1.29, 1.82) is 0 Å². The summed E-state index contributed by atoms with van der Waals surface area (Å²) in [6, 6.07) is 6.66. The van der Waals surface area contributed by atoms with Crippen molar-refractivity contribution in [2.45, 2.75) is 6.43 Å². The highest BCUT2D eigenvalue weighted by atomic mass is 32.1. The first kappa shape index (κ1) is 13.3. The van der Waals surface area contributed by atoms with Crippen molar-refractivity contribution in [2.24, 2.45) is 10.8 Å². The molecular formula is C10H11F2N3OS. The molecule has 0 aliphatic heterocycles. The second-order valence-electron chi connectivity index (χ2n) is 2.97. The topological polar surface area (TPSA) is 59.6 Å². The van der Waals surface area contributed by atoms with Gasteiger partial charge in [-0.15, -0.1) is 0 Å². The summed E-state index contributed by atoms with van der Waals surface area (Å²) in [5.41, 5.74) is 8.08. The van der Waals surface area contributed by atoms with Crippen molar-refractivity contribution < 1.29 is 13.5 Å². The Balaban J connectivity index is 2.70. The number of thiocarbonyl (C=S) groups is 1. The van der Waals surface area contributed by atoms with E-state index < -0.39 is 13.0 Å². The van der Waals surface area contributed by atoms with Crippen LogP contribution in [0.3, 0.4) is 0 Å². The Kier molecular flexibility index (Phi) is 5.28. The summed E-state index contributed by atoms with van der Waals surface area (Å²) in [7, 11) is 0. The molecule has 0 amide bonds. The van der Waals surface area contributed by atoms with E-state index in [9.17, 15) is 8.78 Å². The summed E-state index contributed by atoms with van der Waals surface area (Å²) < 4.78 is 28.9. The van der Waals surface area contributed by atoms with Crippen molar-refractivity contribution >= 4 is 23.5 Å². The molecule has 0 saturated carbocycles. The van der Waals surface area contributed by atoms with Crippen LogP contribution in [0.4, 0.5) is 8.78 Å². The van der Waals surface area contributed by atoms with Gasteiger partial charge in [-0.3, -0.25) is 5.43 Å². The lowest BCUT2D eigenvalue weighted by molar-refractivity contribution is 0.0818. The fourth-order valence-corrected chi connectivity index (χ4v) is 1.09. The van der Waals surface area contributed by atoms with Gasteiger partial charge < -0.3 is 10.5 Å². The highest BCUT2D eigenvalue weighted by Crippen LogP contribution is 2.16. The molecule has 0 heterocycles. The van der Waals surface area contributed by atoms with Crippen molar-refractivity contribution in [2.75, 3.05) is 6.61 Å². The third-order valence-corrected chi connectivity index (χ3v) is 1.75. The van der Waals surface area contributed by atoms with Gasteiger partial charge in [0.05, 0.1) is 6.21 Å². The first-order chi connectivity index (χ1) is 8.09. The van der Waals surface area contributed by atoms with Gasteiger partial charge in [-0.2, -0.15) is 5.10 Å². The largest absolute Gasteiger partial charge is 0.487 e. The Morgan fingerprint density at radius 2 is 2.24 bits per heavy atom. The van der Waals surface area contributed by atoms with Gasteiger partial charge in [0.1, 0.15) is 12.4 Å². The Hall–Kier alpha value is -1.76. The normalized spacial score (nSPS) is 10.8. The second kappa shape index (κ2) is 6.74. The number of para-hydroxylation sites is 1. The molecule has 1 aromatic carbocycles. The summed E-state index contributed by atoms with van der Waals surface area (Å²) in [6.45, 7) is -0.659. The van der Waals surface area contributed by atoms with Gasteiger partial charge in [-0.05, 0) is 24.4 Å². The number of benzene rings is 1. The number of hydrogen-bond acceptors (Lipinski definition) is 3. The van der Waals surface area contributed by atoms with Crippen molar-refractivity contribution in [3.63, 3.8) is 0 Å². The highest BCUT2D eigenvalue weighted by Gasteiger charge is 2.05. The maximum absolute atomic E-state index is 12.0. The molecule has 3 N–H and O–H groups in total. The van der Waals surface area contributed by atoms with Crippen LogP contribution in [0.25, 0.3) is 0 Å². The van der Waals surface area contributed by atoms with Gasteiger partial charge in [0.25, 0.3) is 6.43 Å². The van der Waals surface area contributed by atoms with E-state index in [2.05, 4.69) is 22.7 Å². The van der Waals surface area contributed by atoms with Crippen LogP contribution in [0.1, 0.15) is 5.56 Å². The van der Waals surface area contributed by atoms with E-state index in [1.807, 2.05) is 0 Å². The number of alkyl halides is 2. The number of nitrogens with two attached hydrogens (primary N) is 1. The van der Waals surface area contributed by atoms with Gasteiger partial charge >= 0.3 is 0 Å². The Morgan fingerprint density at radius 3 is 2.88 bits per heavy atom. The predicted octanol–water partition coefficient (Wildman–Crippen LogP) is 1.50. The lowest BCUT2D eigenvalue weighted by Crippen LogP contribution is -2.24. The average Bonchev–Trinajstić information content (AvgIpc) is 2.27. The third-order valence-electron chi connectivity index (χ3n) is 1.66. The van der Waals surface area contributed by atoms with E-state index in [0.717, 1.165) is 0 Å². The van der Waals surface area contributed by atoms with Crippen molar-refractivity contribution in [1.82, 2.24) is 5.43 Å². The van der Waals surface area contributed by atoms with E-state index in [0.29, 0.717) is 11.3 Å². The molecule has 1 aromatic rings. The quantitative estimate of drug-likeness (QED) is 0.478. The Morgan fingerprint density at radius 1 is 1.53 bits per heavy atom. The zero-order chi connectivity index (χ0) is 12.7. The van der Waals surface area contributed by atoms with Gasteiger partial charge in [0.2, 0.25) is 0 Å². The number of nitrogens with one attached hydrogen (secondary N) is 1. The zero-order valence-corrected chi connectivity index (χ0v) is 9.58. The van der Waals surface area contributed by atoms with Crippen LogP contribution in [0.2, 0.25) is 0 Å². The minimum Gasteiger partial charge on any atom is -0.487 e. The Bertz CT molecular complexity index is 412. The smallest absolute Gasteiger partial charge is 0.272 e. The minimum absolute atomic E-state index is 0.0206. The molecule has 0 radical (unpaired) electrons. The molecule has 0 spiro atoms. The van der Waals surface area contributed by atoms with E-state index in [4.69, 9.17) is 10.5 Å². The number of rotatable bonds is 5. The van der Waals surface area contributed by atoms with Crippen LogP contribution in [0.5, 0.6) is 5.75 Å². The summed E-state index contributed by atoms with van der Waals surface area (Å²) in [6.07, 6.45) is -1.13. The number of ether oxygens (including phenoxy) is 1. The fourth-order valence-electron chi connectivity index (χ4n) is 1.04. The van der Waals surface area contributed by atoms with Crippen LogP contribution in [-0.4, -0.2) is 24.4 Å². The van der Waals surface area contributed by atoms with E-state index in [1.54, 1.807) is 24.3 Å². The maximum atomic E-state index is 12.0. The third kappa shape index (κ3) is 5.21. The van der Waals surface area contributed by atoms with Crippen molar-refractivity contribution in [3.05, 3.63) is 29.8 Å². The molecule has 0 bridgehead atoms. The van der Waals surface area contributed by atoms with Crippen LogP contribution < -0.4 is 15.9 Å². The Labute approximate surface area is 102 Å². The SMILES string of the molecule is NC(=S)NN=Cc1ccccc1OCC(F)F. The van der Waals surface area contributed by atoms with Gasteiger partial charge in [0, 0.05) is 5.56 Å². The molecule has 0 saturated heterocycles. The van der Waals surface area contributed by atoms with E-state index in [1.165, 1.54) is 6.21 Å². The highest BCUT2D eigenvalue weighted by molar-refractivity contribution is 7.80. The predicted molar refractivity (Wildman–Crippen MR) is 65.5 cm³/mol. The summed E-state index contributed by atoms with van der Waals surface area (Å²) in [5, 5.41) is 3.74. The van der Waals surface area contributed by atoms with Crippen LogP contribution in [0.15, 0.2) is 29.4 Å². The van der Waals surface area contributed by atoms with Crippen LogP contribution in [0, 0.1) is 0 Å². The molecule has 17 heavy (non-hydrogen) atoms. The standard InChI is InChI=1S/C10H11F2N3OS/c11-9(12)6-16-8-4-2-1-3-7(8)5-14-15-10(13)17/h1-5,9H,6H2,(H3,13,15,17). The fraction of sp³-hybridized carbons (Fsp3) is 0.200. The molecule has 7 heteroatoms. The van der Waals surface area contributed by atoms with Crippen LogP contribution in [-0.2, 0) is 0 Å². The first-order valence-electron chi connectivity index (χ1n) is 4.68. The number of hydrazone groups is 1. The van der Waals surface area contributed by atoms with Crippen LogP contribution >= 0.6 is 12.2 Å². The lowest BCUT2D eigenvalue weighted by Gasteiger charge is -2.07. The van der Waals surface area contributed by atoms with Gasteiger partial charge in [0.15, 0.2) is 5.11 Å². The molecule has 4 nitrogen and oxygen atoms in total. The molecule has 0 aliphatic rings. The van der Waals surface area contributed by atoms with Gasteiger partial charge in [-0.1, -0.05) is 12.1 Å². The number of halogens is 2. The number of nitrogens with zero attached hydrogens (tertiary/aromatic N) is 1. The summed E-state index contributed by atoms with van der Waals surface area (Å²) >= 11 is 4.55. The molecule has 0 aromatic heterocycles. The summed E-state index contributed by atoms with van der Waals surface area (Å²) in [5.74, 6) is 0.321. The minimum atomic E-state index is -2.52. The average molecular weight is 259 g/mol. The first-order valence-corrected chi connectivity index (χ1v) is 5.09. The maximum Gasteiger partial charge on any atom is 0.272 e. The number of hydrogen-bond donors (Lipinski definition) is 2. The van der Waals surface area contributed by atoms with Crippen molar-refractivity contribution in [3.8, 4) is 5.75 Å². The second-order valence-corrected chi connectivity index (χ2v) is 3.41. The molecule has 1 rings (SSSR count). The van der Waals surface area contributed by atoms with E-state index in [-0.39, 0.29) is 5.11 Å². The molecular weight excluding hydrogens is 248 g/mol. The zero-order valence-electron chi connectivity index (χ0n) is 8.77. The molecule has 0 atom stereocenters. The molecule has 92 valence electrons. The molecule has 0 unspecified atom stereocenters. The molecule has 0 aliphatic carbocycles. The lowest BCUT2D eigenvalue weighted by atomic mass is 10.2.